The zero-order valence-electron chi connectivity index (χ0n) is 23.6. The van der Waals surface area contributed by atoms with E-state index < -0.39 is 0 Å². The predicted molar refractivity (Wildman–Crippen MR) is 177 cm³/mol. The fourth-order valence-corrected chi connectivity index (χ4v) is 5.89. The SMILES string of the molecule is CC(c1ccc(Cl)cc1)n1cnc(-c2ccccc2)c1-c1c(C(=O)Nc2[nH]ncc2-c2ccccc2)[nH]c2cc(Cl)ccc12. The quantitative estimate of drug-likeness (QED) is 0.167. The van der Waals surface area contributed by atoms with Gasteiger partial charge < -0.3 is 14.9 Å². The number of fused-ring (bicyclic) bond motifs is 1. The largest absolute Gasteiger partial charge is 0.350 e. The number of imidazole rings is 1. The number of aromatic nitrogens is 5. The summed E-state index contributed by atoms with van der Waals surface area (Å²) < 4.78 is 2.10. The molecular weight excluding hydrogens is 591 g/mol. The maximum atomic E-state index is 14.2. The van der Waals surface area contributed by atoms with Crippen LogP contribution in [0.4, 0.5) is 5.82 Å². The zero-order chi connectivity index (χ0) is 30.2. The van der Waals surface area contributed by atoms with Gasteiger partial charge in [-0.15, -0.1) is 0 Å². The van der Waals surface area contributed by atoms with E-state index in [4.69, 9.17) is 28.2 Å². The van der Waals surface area contributed by atoms with Gasteiger partial charge in [0.05, 0.1) is 30.0 Å². The van der Waals surface area contributed by atoms with Crippen LogP contribution in [0.2, 0.25) is 10.0 Å². The molecule has 3 heterocycles. The van der Waals surface area contributed by atoms with Gasteiger partial charge in [0.15, 0.2) is 0 Å². The van der Waals surface area contributed by atoms with Crippen LogP contribution in [0.5, 0.6) is 0 Å². The number of nitrogens with one attached hydrogen (secondary N) is 3. The second kappa shape index (κ2) is 11.5. The first-order valence-electron chi connectivity index (χ1n) is 14.1. The van der Waals surface area contributed by atoms with Crippen LogP contribution in [0.3, 0.4) is 0 Å². The van der Waals surface area contributed by atoms with Crippen LogP contribution in [0.1, 0.15) is 29.0 Å². The smallest absolute Gasteiger partial charge is 0.273 e. The Bertz CT molecular complexity index is 2100. The summed E-state index contributed by atoms with van der Waals surface area (Å²) in [5, 5.41) is 12.3. The Balaban J connectivity index is 1.42. The first kappa shape index (κ1) is 27.7. The molecule has 0 saturated heterocycles. The van der Waals surface area contributed by atoms with Crippen molar-refractivity contribution in [2.45, 2.75) is 13.0 Å². The molecule has 1 amide bonds. The van der Waals surface area contributed by atoms with E-state index >= 15 is 0 Å². The summed E-state index contributed by atoms with van der Waals surface area (Å²) in [6, 6.07) is 33.0. The van der Waals surface area contributed by atoms with Gasteiger partial charge >= 0.3 is 0 Å². The summed E-state index contributed by atoms with van der Waals surface area (Å²) in [6.07, 6.45) is 3.53. The molecule has 9 heteroatoms. The number of halogens is 2. The van der Waals surface area contributed by atoms with Gasteiger partial charge in [0, 0.05) is 37.6 Å². The van der Waals surface area contributed by atoms with Gasteiger partial charge in [-0.3, -0.25) is 9.89 Å². The summed E-state index contributed by atoms with van der Waals surface area (Å²) in [5.41, 5.74) is 7.06. The third-order valence-electron chi connectivity index (χ3n) is 7.80. The van der Waals surface area contributed by atoms with Crippen molar-refractivity contribution in [3.63, 3.8) is 0 Å². The molecule has 0 aliphatic heterocycles. The third-order valence-corrected chi connectivity index (χ3v) is 8.28. The van der Waals surface area contributed by atoms with Crippen LogP contribution in [-0.2, 0) is 0 Å². The van der Waals surface area contributed by atoms with Crippen molar-refractivity contribution in [1.29, 1.82) is 0 Å². The minimum atomic E-state index is -0.334. The van der Waals surface area contributed by atoms with Crippen molar-refractivity contribution in [2.75, 3.05) is 5.32 Å². The second-order valence-electron chi connectivity index (χ2n) is 10.5. The molecule has 3 aromatic heterocycles. The molecule has 7 aromatic rings. The van der Waals surface area contributed by atoms with Crippen molar-refractivity contribution in [3.8, 4) is 33.6 Å². The number of amides is 1. The second-order valence-corrected chi connectivity index (χ2v) is 11.4. The van der Waals surface area contributed by atoms with E-state index in [9.17, 15) is 4.79 Å². The Hall–Kier alpha value is -5.11. The highest BCUT2D eigenvalue weighted by molar-refractivity contribution is 6.31. The molecule has 1 atom stereocenters. The van der Waals surface area contributed by atoms with Crippen LogP contribution in [0.25, 0.3) is 44.5 Å². The van der Waals surface area contributed by atoms with Crippen LogP contribution in [0.15, 0.2) is 116 Å². The highest BCUT2D eigenvalue weighted by Gasteiger charge is 2.28. The van der Waals surface area contributed by atoms with E-state index in [2.05, 4.69) is 32.0 Å². The number of anilines is 1. The number of H-pyrrole nitrogens is 2. The minimum absolute atomic E-state index is 0.127. The number of carbonyl (C=O) groups is 1. The summed E-state index contributed by atoms with van der Waals surface area (Å²) in [6.45, 7) is 2.10. The van der Waals surface area contributed by atoms with Crippen LogP contribution in [0, 0.1) is 0 Å². The van der Waals surface area contributed by atoms with Crippen molar-refractivity contribution in [3.05, 3.63) is 137 Å². The lowest BCUT2D eigenvalue weighted by molar-refractivity contribution is 0.102. The van der Waals surface area contributed by atoms with Gasteiger partial charge in [0.25, 0.3) is 5.91 Å². The summed E-state index contributed by atoms with van der Waals surface area (Å²) >= 11 is 12.6. The molecule has 0 bridgehead atoms. The van der Waals surface area contributed by atoms with E-state index in [1.165, 1.54) is 0 Å². The van der Waals surface area contributed by atoms with E-state index in [-0.39, 0.29) is 11.9 Å². The molecule has 7 nitrogen and oxygen atoms in total. The van der Waals surface area contributed by atoms with E-state index in [1.807, 2.05) is 109 Å². The molecular formula is C35H26Cl2N6O. The van der Waals surface area contributed by atoms with Crippen LogP contribution < -0.4 is 5.32 Å². The molecule has 3 N–H and O–H groups in total. The lowest BCUT2D eigenvalue weighted by Gasteiger charge is -2.19. The van der Waals surface area contributed by atoms with Gasteiger partial charge in [-0.25, -0.2) is 4.98 Å². The molecule has 0 radical (unpaired) electrons. The van der Waals surface area contributed by atoms with E-state index in [1.54, 1.807) is 6.20 Å². The Kier molecular flexibility index (Phi) is 7.26. The van der Waals surface area contributed by atoms with Crippen LogP contribution >= 0.6 is 23.2 Å². The fourth-order valence-electron chi connectivity index (χ4n) is 5.59. The standard InChI is InChI=1S/C35H26Cl2N6O/c1-21(22-12-14-25(36)15-13-22)43-20-38-31(24-10-6-3-7-11-24)33(43)30-27-17-16-26(37)18-29(27)40-32(30)35(44)41-34-28(19-39-42-34)23-8-4-2-5-9-23/h2-21,40H,1H3,(H2,39,41,42,44). The van der Waals surface area contributed by atoms with E-state index in [0.717, 1.165) is 44.5 Å². The van der Waals surface area contributed by atoms with Gasteiger partial charge in [-0.1, -0.05) is 102 Å². The average Bonchev–Trinajstić information content (AvgIpc) is 3.78. The molecule has 0 saturated carbocycles. The number of nitrogens with zero attached hydrogens (tertiary/aromatic N) is 3. The lowest BCUT2D eigenvalue weighted by atomic mass is 9.99. The van der Waals surface area contributed by atoms with Crippen molar-refractivity contribution < 1.29 is 4.79 Å². The average molecular weight is 618 g/mol. The molecule has 0 fully saturated rings. The van der Waals surface area contributed by atoms with E-state index in [0.29, 0.717) is 27.1 Å². The highest BCUT2D eigenvalue weighted by Crippen LogP contribution is 2.41. The molecule has 216 valence electrons. The number of hydrogen-bond donors (Lipinski definition) is 3. The van der Waals surface area contributed by atoms with Gasteiger partial charge in [-0.2, -0.15) is 5.10 Å². The van der Waals surface area contributed by atoms with Crippen molar-refractivity contribution >= 4 is 45.8 Å². The number of rotatable bonds is 7. The van der Waals surface area contributed by atoms with Crippen molar-refractivity contribution in [2.24, 2.45) is 0 Å². The Morgan fingerprint density at radius 1 is 0.864 bits per heavy atom. The highest BCUT2D eigenvalue weighted by atomic mass is 35.5. The minimum Gasteiger partial charge on any atom is -0.350 e. The normalized spacial score (nSPS) is 12.0. The van der Waals surface area contributed by atoms with Gasteiger partial charge in [0.1, 0.15) is 11.5 Å². The molecule has 4 aromatic carbocycles. The van der Waals surface area contributed by atoms with Crippen molar-refractivity contribution in [1.82, 2.24) is 24.7 Å². The van der Waals surface area contributed by atoms with Crippen LogP contribution in [-0.4, -0.2) is 30.6 Å². The zero-order valence-corrected chi connectivity index (χ0v) is 25.1. The maximum absolute atomic E-state index is 14.2. The van der Waals surface area contributed by atoms with Gasteiger partial charge in [0.2, 0.25) is 0 Å². The number of aromatic amines is 2. The molecule has 0 aliphatic rings. The molecule has 44 heavy (non-hydrogen) atoms. The number of hydrogen-bond acceptors (Lipinski definition) is 3. The molecule has 0 spiro atoms. The Labute approximate surface area is 263 Å². The molecule has 7 rings (SSSR count). The molecule has 1 unspecified atom stereocenters. The summed E-state index contributed by atoms with van der Waals surface area (Å²) in [5.74, 6) is 0.162. The fraction of sp³-hybridized carbons (Fsp3) is 0.0571. The lowest BCUT2D eigenvalue weighted by Crippen LogP contribution is -2.15. The Morgan fingerprint density at radius 2 is 1.55 bits per heavy atom. The first-order valence-corrected chi connectivity index (χ1v) is 14.8. The number of benzene rings is 4. The summed E-state index contributed by atoms with van der Waals surface area (Å²) in [7, 11) is 0. The molecule has 0 aliphatic carbocycles. The topological polar surface area (TPSA) is 91.4 Å². The summed E-state index contributed by atoms with van der Waals surface area (Å²) in [4.78, 5) is 22.5. The first-order chi connectivity index (χ1) is 21.5. The third kappa shape index (κ3) is 5.06. The number of carbonyl (C=O) groups excluding carboxylic acids is 1. The Morgan fingerprint density at radius 3 is 2.27 bits per heavy atom. The maximum Gasteiger partial charge on any atom is 0.273 e. The predicted octanol–water partition coefficient (Wildman–Crippen LogP) is 9.26. The van der Waals surface area contributed by atoms with Gasteiger partial charge in [-0.05, 0) is 42.3 Å². The monoisotopic (exact) mass is 616 g/mol.